The second kappa shape index (κ2) is 7.60. The predicted molar refractivity (Wildman–Crippen MR) is 103 cm³/mol. The summed E-state index contributed by atoms with van der Waals surface area (Å²) in [5.41, 5.74) is 1.42. The van der Waals surface area contributed by atoms with E-state index in [2.05, 4.69) is 15.9 Å². The van der Waals surface area contributed by atoms with Crippen LogP contribution in [0, 0.1) is 6.92 Å². The Kier molecular flexibility index (Phi) is 5.44. The van der Waals surface area contributed by atoms with Crippen molar-refractivity contribution in [3.63, 3.8) is 0 Å². The number of furan rings is 1. The molecule has 3 aromatic rings. The van der Waals surface area contributed by atoms with Crippen LogP contribution in [0.25, 0.3) is 0 Å². The number of hydrogen-bond acceptors (Lipinski definition) is 4. The lowest BCUT2D eigenvalue weighted by Crippen LogP contribution is -2.17. The molecule has 0 aliphatic heterocycles. The van der Waals surface area contributed by atoms with E-state index < -0.39 is 15.1 Å². The molecule has 3 rings (SSSR count). The first kappa shape index (κ1) is 18.6. The lowest BCUT2D eigenvalue weighted by molar-refractivity contribution is 0.0978. The van der Waals surface area contributed by atoms with E-state index in [1.54, 1.807) is 60.7 Å². The van der Waals surface area contributed by atoms with Crippen molar-refractivity contribution in [3.8, 4) is 0 Å². The van der Waals surface area contributed by atoms with Gasteiger partial charge in [0.2, 0.25) is 0 Å². The third kappa shape index (κ3) is 3.97. The van der Waals surface area contributed by atoms with Gasteiger partial charge >= 0.3 is 0 Å². The van der Waals surface area contributed by atoms with Crippen LogP contribution in [0.4, 0.5) is 0 Å². The Morgan fingerprint density at radius 1 is 1.04 bits per heavy atom. The number of ketones is 1. The minimum Gasteiger partial charge on any atom is -0.468 e. The van der Waals surface area contributed by atoms with Crippen molar-refractivity contribution >= 4 is 31.6 Å². The van der Waals surface area contributed by atoms with E-state index in [9.17, 15) is 13.2 Å². The van der Waals surface area contributed by atoms with Gasteiger partial charge in [-0.15, -0.1) is 0 Å². The first-order chi connectivity index (χ1) is 12.4. The van der Waals surface area contributed by atoms with Gasteiger partial charge in [0.15, 0.2) is 15.6 Å². The molecule has 1 atom stereocenters. The molecule has 0 unspecified atom stereocenters. The van der Waals surface area contributed by atoms with Gasteiger partial charge in [-0.3, -0.25) is 4.79 Å². The predicted octanol–water partition coefficient (Wildman–Crippen LogP) is 5.14. The van der Waals surface area contributed by atoms with Crippen LogP contribution in [-0.2, 0) is 9.84 Å². The molecular formula is C20H17BrO4S. The molecule has 0 spiro atoms. The SMILES string of the molecule is Cc1ccc(S(=O)(=O)[C@@H](CC(=O)c2ccc(Br)cc2)c2ccco2)cc1. The molecule has 0 aliphatic rings. The lowest BCUT2D eigenvalue weighted by atomic mass is 10.1. The van der Waals surface area contributed by atoms with Gasteiger partial charge in [-0.05, 0) is 43.3 Å². The normalized spacial score (nSPS) is 12.7. The number of sulfone groups is 1. The van der Waals surface area contributed by atoms with Crippen LogP contribution in [0.5, 0.6) is 0 Å². The van der Waals surface area contributed by atoms with Gasteiger partial charge in [0.1, 0.15) is 11.0 Å². The number of Topliss-reactive ketones (excluding diaryl/α,β-unsaturated/α-hetero) is 1. The second-order valence-corrected chi connectivity index (χ2v) is 9.04. The van der Waals surface area contributed by atoms with Gasteiger partial charge in [0.05, 0.1) is 11.2 Å². The molecule has 0 N–H and O–H groups in total. The number of benzene rings is 2. The Morgan fingerprint density at radius 2 is 1.69 bits per heavy atom. The molecule has 0 radical (unpaired) electrons. The Morgan fingerprint density at radius 3 is 2.27 bits per heavy atom. The molecule has 0 bridgehead atoms. The zero-order chi connectivity index (χ0) is 18.7. The van der Waals surface area contributed by atoms with E-state index >= 15 is 0 Å². The average molecular weight is 433 g/mol. The molecule has 1 aromatic heterocycles. The lowest BCUT2D eigenvalue weighted by Gasteiger charge is -2.15. The number of halogens is 1. The van der Waals surface area contributed by atoms with Crippen molar-refractivity contribution in [1.29, 1.82) is 0 Å². The fourth-order valence-electron chi connectivity index (χ4n) is 2.65. The maximum atomic E-state index is 13.1. The zero-order valence-corrected chi connectivity index (χ0v) is 16.5. The molecule has 134 valence electrons. The van der Waals surface area contributed by atoms with Crippen molar-refractivity contribution in [2.75, 3.05) is 0 Å². The van der Waals surface area contributed by atoms with Gasteiger partial charge in [0.25, 0.3) is 0 Å². The third-order valence-electron chi connectivity index (χ3n) is 4.12. The highest BCUT2D eigenvalue weighted by molar-refractivity contribution is 9.10. The van der Waals surface area contributed by atoms with E-state index in [-0.39, 0.29) is 22.9 Å². The topological polar surface area (TPSA) is 64.3 Å². The molecule has 4 nitrogen and oxygen atoms in total. The fourth-order valence-corrected chi connectivity index (χ4v) is 4.57. The van der Waals surface area contributed by atoms with Crippen molar-refractivity contribution in [2.24, 2.45) is 0 Å². The monoisotopic (exact) mass is 432 g/mol. The molecule has 0 fully saturated rings. The van der Waals surface area contributed by atoms with E-state index in [1.165, 1.54) is 6.26 Å². The quantitative estimate of drug-likeness (QED) is 0.505. The van der Waals surface area contributed by atoms with Gasteiger partial charge in [-0.1, -0.05) is 45.8 Å². The maximum absolute atomic E-state index is 13.1. The number of rotatable bonds is 6. The summed E-state index contributed by atoms with van der Waals surface area (Å²) >= 11 is 3.32. The van der Waals surface area contributed by atoms with Crippen molar-refractivity contribution in [2.45, 2.75) is 23.5 Å². The molecule has 26 heavy (non-hydrogen) atoms. The molecular weight excluding hydrogens is 416 g/mol. The summed E-state index contributed by atoms with van der Waals surface area (Å²) < 4.78 is 32.5. The van der Waals surface area contributed by atoms with Crippen LogP contribution in [0.3, 0.4) is 0 Å². The fraction of sp³-hybridized carbons (Fsp3) is 0.150. The highest BCUT2D eigenvalue weighted by Crippen LogP contribution is 2.33. The summed E-state index contributed by atoms with van der Waals surface area (Å²) in [6.45, 7) is 1.89. The van der Waals surface area contributed by atoms with E-state index in [0.29, 0.717) is 5.56 Å². The van der Waals surface area contributed by atoms with Gasteiger partial charge in [0, 0.05) is 16.5 Å². The summed E-state index contributed by atoms with van der Waals surface area (Å²) in [4.78, 5) is 12.8. The van der Waals surface area contributed by atoms with Gasteiger partial charge in [-0.2, -0.15) is 0 Å². The van der Waals surface area contributed by atoms with E-state index in [0.717, 1.165) is 10.0 Å². The molecule has 0 amide bonds. The van der Waals surface area contributed by atoms with Crippen molar-refractivity contribution in [3.05, 3.63) is 88.3 Å². The van der Waals surface area contributed by atoms with Gasteiger partial charge in [-0.25, -0.2) is 8.42 Å². The van der Waals surface area contributed by atoms with E-state index in [4.69, 9.17) is 4.42 Å². The number of hydrogen-bond donors (Lipinski definition) is 0. The smallest absolute Gasteiger partial charge is 0.188 e. The summed E-state index contributed by atoms with van der Waals surface area (Å²) in [6.07, 6.45) is 1.22. The summed E-state index contributed by atoms with van der Waals surface area (Å²) in [5.74, 6) is 0.00521. The standard InChI is InChI=1S/C20H17BrO4S/c1-14-4-10-17(11-5-14)26(23,24)20(19-3-2-12-25-19)13-18(22)15-6-8-16(21)9-7-15/h2-12,20H,13H2,1H3/t20-/m0/s1. The van der Waals surface area contributed by atoms with Gasteiger partial charge < -0.3 is 4.42 Å². The Bertz CT molecular complexity index is 989. The Labute approximate surface area is 160 Å². The van der Waals surface area contributed by atoms with Crippen LogP contribution < -0.4 is 0 Å². The minimum atomic E-state index is -3.78. The minimum absolute atomic E-state index is 0.174. The maximum Gasteiger partial charge on any atom is 0.188 e. The summed E-state index contributed by atoms with van der Waals surface area (Å²) in [6, 6.07) is 16.7. The highest BCUT2D eigenvalue weighted by Gasteiger charge is 2.33. The van der Waals surface area contributed by atoms with Crippen LogP contribution in [0.15, 0.2) is 80.7 Å². The second-order valence-electron chi connectivity index (χ2n) is 6.00. The molecule has 0 aliphatic carbocycles. The van der Waals surface area contributed by atoms with Crippen molar-refractivity contribution in [1.82, 2.24) is 0 Å². The van der Waals surface area contributed by atoms with Crippen LogP contribution in [-0.4, -0.2) is 14.2 Å². The first-order valence-corrected chi connectivity index (χ1v) is 10.3. The average Bonchev–Trinajstić information content (AvgIpc) is 3.14. The summed E-state index contributed by atoms with van der Waals surface area (Å²) in [7, 11) is -3.78. The largest absolute Gasteiger partial charge is 0.468 e. The summed E-state index contributed by atoms with van der Waals surface area (Å²) in [5, 5.41) is -1.07. The van der Waals surface area contributed by atoms with Crippen LogP contribution in [0.1, 0.15) is 33.4 Å². The molecule has 0 saturated carbocycles. The molecule has 2 aromatic carbocycles. The molecule has 6 heteroatoms. The number of carbonyl (C=O) groups excluding carboxylic acids is 1. The highest BCUT2D eigenvalue weighted by atomic mass is 79.9. The number of aryl methyl sites for hydroxylation is 1. The number of carbonyl (C=O) groups is 1. The zero-order valence-electron chi connectivity index (χ0n) is 14.1. The van der Waals surface area contributed by atoms with Crippen LogP contribution in [0.2, 0.25) is 0 Å². The van der Waals surface area contributed by atoms with Crippen molar-refractivity contribution < 1.29 is 17.6 Å². The van der Waals surface area contributed by atoms with E-state index in [1.807, 2.05) is 6.92 Å². The first-order valence-electron chi connectivity index (χ1n) is 8.00. The third-order valence-corrected chi connectivity index (χ3v) is 6.73. The Hall–Kier alpha value is -2.18. The molecule has 1 heterocycles. The Balaban J connectivity index is 1.97. The molecule has 0 saturated heterocycles. The van der Waals surface area contributed by atoms with Crippen LogP contribution >= 0.6 is 15.9 Å².